The van der Waals surface area contributed by atoms with E-state index in [0.29, 0.717) is 0 Å². The molecule has 0 saturated carbocycles. The number of aliphatic hydroxyl groups excluding tert-OH is 4. The van der Waals surface area contributed by atoms with Gasteiger partial charge >= 0.3 is 5.97 Å². The highest BCUT2D eigenvalue weighted by molar-refractivity contribution is 5.74. The largest absolute Gasteiger partial charge is 0.480 e. The van der Waals surface area contributed by atoms with Crippen LogP contribution in [0.3, 0.4) is 0 Å². The van der Waals surface area contributed by atoms with Crippen LogP contribution in [0.5, 0.6) is 0 Å². The van der Waals surface area contributed by atoms with Crippen molar-refractivity contribution in [2.45, 2.75) is 24.4 Å². The Morgan fingerprint density at radius 3 is 2.00 bits per heavy atom. The van der Waals surface area contributed by atoms with Crippen LogP contribution < -0.4 is 5.73 Å². The maximum Gasteiger partial charge on any atom is 0.323 e. The highest BCUT2D eigenvalue weighted by Gasteiger charge is 2.32. The van der Waals surface area contributed by atoms with Crippen LogP contribution in [-0.4, -0.2) is 62.5 Å². The Kier molecular flexibility index (Phi) is 4.81. The molecule has 0 radical (unpaired) electrons. The third-order valence-corrected chi connectivity index (χ3v) is 1.58. The van der Waals surface area contributed by atoms with Crippen LogP contribution >= 0.6 is 0 Å². The number of aliphatic carboxylic acids is 1. The first-order valence-corrected chi connectivity index (χ1v) is 3.55. The average molecular weight is 195 g/mol. The van der Waals surface area contributed by atoms with Crippen LogP contribution in [0.15, 0.2) is 0 Å². The zero-order valence-corrected chi connectivity index (χ0v) is 6.74. The summed E-state index contributed by atoms with van der Waals surface area (Å²) < 4.78 is 0. The first-order chi connectivity index (χ1) is 5.91. The molecule has 13 heavy (non-hydrogen) atoms. The first-order valence-electron chi connectivity index (χ1n) is 3.55. The molecular formula is C6H13NO6. The van der Waals surface area contributed by atoms with Crippen molar-refractivity contribution >= 4 is 5.97 Å². The van der Waals surface area contributed by atoms with Crippen molar-refractivity contribution < 1.29 is 30.3 Å². The van der Waals surface area contributed by atoms with Crippen molar-refractivity contribution in [2.75, 3.05) is 6.61 Å². The second-order valence-electron chi connectivity index (χ2n) is 2.60. The lowest BCUT2D eigenvalue weighted by atomic mass is 10.0. The van der Waals surface area contributed by atoms with Gasteiger partial charge in [0.25, 0.3) is 0 Å². The van der Waals surface area contributed by atoms with Crippen LogP contribution in [0, 0.1) is 0 Å². The molecule has 7 heteroatoms. The molecule has 7 N–H and O–H groups in total. The van der Waals surface area contributed by atoms with E-state index in [-0.39, 0.29) is 0 Å². The Morgan fingerprint density at radius 2 is 1.69 bits per heavy atom. The second-order valence-corrected chi connectivity index (χ2v) is 2.60. The lowest BCUT2D eigenvalue weighted by Crippen LogP contribution is -2.52. The van der Waals surface area contributed by atoms with Crippen molar-refractivity contribution in [3.63, 3.8) is 0 Å². The Balaban J connectivity index is 4.24. The van der Waals surface area contributed by atoms with Gasteiger partial charge in [-0.2, -0.15) is 0 Å². The Hall–Kier alpha value is -0.730. The lowest BCUT2D eigenvalue weighted by molar-refractivity contribution is -0.146. The molecule has 0 spiro atoms. The summed E-state index contributed by atoms with van der Waals surface area (Å²) in [5.41, 5.74) is 4.95. The molecule has 7 nitrogen and oxygen atoms in total. The number of rotatable bonds is 5. The van der Waals surface area contributed by atoms with Crippen LogP contribution in [-0.2, 0) is 4.79 Å². The maximum absolute atomic E-state index is 10.2. The smallest absolute Gasteiger partial charge is 0.323 e. The number of hydrogen-bond donors (Lipinski definition) is 6. The number of hydrogen-bond acceptors (Lipinski definition) is 6. The molecule has 0 rings (SSSR count). The molecule has 0 aromatic rings. The molecule has 0 aliphatic rings. The van der Waals surface area contributed by atoms with E-state index in [1.165, 1.54) is 0 Å². The van der Waals surface area contributed by atoms with Gasteiger partial charge in [-0.1, -0.05) is 0 Å². The predicted molar refractivity (Wildman–Crippen MR) is 40.7 cm³/mol. The molecule has 0 heterocycles. The lowest BCUT2D eigenvalue weighted by Gasteiger charge is -2.23. The van der Waals surface area contributed by atoms with E-state index in [4.69, 9.17) is 31.3 Å². The molecule has 0 bridgehead atoms. The van der Waals surface area contributed by atoms with Gasteiger partial charge in [0.15, 0.2) is 0 Å². The summed E-state index contributed by atoms with van der Waals surface area (Å²) in [6, 6.07) is -1.70. The van der Waals surface area contributed by atoms with Gasteiger partial charge in [-0.25, -0.2) is 0 Å². The zero-order valence-electron chi connectivity index (χ0n) is 6.74. The van der Waals surface area contributed by atoms with Gasteiger partial charge in [-0.3, -0.25) is 4.79 Å². The standard InChI is InChI=1S/C6H13NO6/c7-3(6(12)13)5(11)4(10)2(9)1-8/h2-5,8-11H,1,7H2,(H,12,13)/t2-,3+,4-,5+/m1/s1. The Bertz CT molecular complexity index is 175. The van der Waals surface area contributed by atoms with Gasteiger partial charge in [0.1, 0.15) is 24.4 Å². The second kappa shape index (κ2) is 5.10. The minimum atomic E-state index is -1.82. The fourth-order valence-electron chi connectivity index (χ4n) is 0.694. The fourth-order valence-corrected chi connectivity index (χ4v) is 0.694. The van der Waals surface area contributed by atoms with E-state index in [0.717, 1.165) is 0 Å². The van der Waals surface area contributed by atoms with Crippen molar-refractivity contribution in [3.05, 3.63) is 0 Å². The van der Waals surface area contributed by atoms with E-state index >= 15 is 0 Å². The molecule has 0 aliphatic carbocycles. The minimum absolute atomic E-state index is 0.787. The third-order valence-electron chi connectivity index (χ3n) is 1.58. The molecule has 4 atom stereocenters. The van der Waals surface area contributed by atoms with Crippen molar-refractivity contribution in [3.8, 4) is 0 Å². The van der Waals surface area contributed by atoms with E-state index in [1.807, 2.05) is 0 Å². The average Bonchev–Trinajstić information content (AvgIpc) is 2.12. The van der Waals surface area contributed by atoms with E-state index in [1.54, 1.807) is 0 Å². The Labute approximate surface area is 74.0 Å². The number of carboxylic acids is 1. The SMILES string of the molecule is N[C@H](C(=O)O)[C@H](O)[C@H](O)[C@H](O)CO. The molecule has 0 aliphatic heterocycles. The normalized spacial score (nSPS) is 20.4. The molecule has 0 fully saturated rings. The summed E-state index contributed by atoms with van der Waals surface area (Å²) in [4.78, 5) is 10.2. The molecular weight excluding hydrogens is 182 g/mol. The molecule has 0 aromatic carbocycles. The van der Waals surface area contributed by atoms with E-state index < -0.39 is 36.9 Å². The summed E-state index contributed by atoms with van der Waals surface area (Å²) in [6.45, 7) is -0.787. The summed E-state index contributed by atoms with van der Waals surface area (Å²) in [5, 5.41) is 43.5. The van der Waals surface area contributed by atoms with Gasteiger partial charge < -0.3 is 31.3 Å². The fraction of sp³-hybridized carbons (Fsp3) is 0.833. The molecule has 0 amide bonds. The molecule has 78 valence electrons. The van der Waals surface area contributed by atoms with E-state index in [9.17, 15) is 4.79 Å². The summed E-state index contributed by atoms with van der Waals surface area (Å²) in [5.74, 6) is -1.50. The summed E-state index contributed by atoms with van der Waals surface area (Å²) in [6.07, 6.45) is -5.21. The predicted octanol–water partition coefficient (Wildman–Crippen LogP) is -3.53. The maximum atomic E-state index is 10.2. The van der Waals surface area contributed by atoms with Crippen LogP contribution in [0.4, 0.5) is 0 Å². The van der Waals surface area contributed by atoms with Crippen molar-refractivity contribution in [1.29, 1.82) is 0 Å². The van der Waals surface area contributed by atoms with Gasteiger partial charge in [-0.05, 0) is 0 Å². The zero-order chi connectivity index (χ0) is 10.6. The van der Waals surface area contributed by atoms with Gasteiger partial charge in [-0.15, -0.1) is 0 Å². The highest BCUT2D eigenvalue weighted by atomic mass is 16.4. The van der Waals surface area contributed by atoms with Gasteiger partial charge in [0.2, 0.25) is 0 Å². The van der Waals surface area contributed by atoms with Crippen molar-refractivity contribution in [1.82, 2.24) is 0 Å². The van der Waals surface area contributed by atoms with Crippen LogP contribution in [0.25, 0.3) is 0 Å². The summed E-state index contributed by atoms with van der Waals surface area (Å²) in [7, 11) is 0. The quantitative estimate of drug-likeness (QED) is 0.266. The number of carboxylic acid groups (broad SMARTS) is 1. The number of carbonyl (C=O) groups is 1. The van der Waals surface area contributed by atoms with Gasteiger partial charge in [0, 0.05) is 0 Å². The minimum Gasteiger partial charge on any atom is -0.480 e. The first kappa shape index (κ1) is 12.3. The van der Waals surface area contributed by atoms with Crippen LogP contribution in [0.2, 0.25) is 0 Å². The Morgan fingerprint density at radius 1 is 1.23 bits per heavy atom. The molecule has 0 unspecified atom stereocenters. The number of aliphatic hydroxyl groups is 4. The van der Waals surface area contributed by atoms with Gasteiger partial charge in [0.05, 0.1) is 6.61 Å². The van der Waals surface area contributed by atoms with E-state index in [2.05, 4.69) is 0 Å². The monoisotopic (exact) mass is 195 g/mol. The van der Waals surface area contributed by atoms with Crippen molar-refractivity contribution in [2.24, 2.45) is 5.73 Å². The summed E-state index contributed by atoms with van der Waals surface area (Å²) >= 11 is 0. The highest BCUT2D eigenvalue weighted by Crippen LogP contribution is 2.03. The molecule has 0 saturated heterocycles. The van der Waals surface area contributed by atoms with Crippen LogP contribution in [0.1, 0.15) is 0 Å². The topological polar surface area (TPSA) is 144 Å². The third kappa shape index (κ3) is 3.25. The molecule has 0 aromatic heterocycles. The number of nitrogens with two attached hydrogens (primary N) is 1.